The van der Waals surface area contributed by atoms with Crippen LogP contribution in [-0.2, 0) is 14.3 Å². The molecule has 0 saturated heterocycles. The monoisotopic (exact) mass is 472 g/mol. The number of unbranched alkanes of at least 4 members (excludes halogenated alkanes) is 1. The van der Waals surface area contributed by atoms with Crippen LogP contribution in [0.3, 0.4) is 0 Å². The lowest BCUT2D eigenvalue weighted by molar-refractivity contribution is -0.120. The number of anilines is 2. The van der Waals surface area contributed by atoms with E-state index in [0.29, 0.717) is 42.7 Å². The molecule has 1 heterocycles. The van der Waals surface area contributed by atoms with Crippen LogP contribution in [0.4, 0.5) is 16.2 Å². The minimum Gasteiger partial charge on any atom is -0.444 e. The van der Waals surface area contributed by atoms with Gasteiger partial charge in [0, 0.05) is 25.4 Å². The molecule has 186 valence electrons. The second-order valence-electron chi connectivity index (χ2n) is 8.65. The van der Waals surface area contributed by atoms with Gasteiger partial charge in [-0.2, -0.15) is 0 Å². The van der Waals surface area contributed by atoms with Crippen molar-refractivity contribution in [3.05, 3.63) is 42.1 Å². The highest BCUT2D eigenvalue weighted by atomic mass is 16.6. The zero-order valence-corrected chi connectivity index (χ0v) is 20.7. The molecule has 1 aromatic carbocycles. The van der Waals surface area contributed by atoms with Gasteiger partial charge in [-0.15, -0.1) is 0 Å². The van der Waals surface area contributed by atoms with Gasteiger partial charge in [0.2, 0.25) is 5.88 Å². The van der Waals surface area contributed by atoms with E-state index in [-0.39, 0.29) is 12.5 Å². The van der Waals surface area contributed by atoms with E-state index in [1.165, 1.54) is 0 Å². The van der Waals surface area contributed by atoms with Crippen molar-refractivity contribution in [3.63, 3.8) is 0 Å². The number of carbonyl (C=O) groups excluding carboxylic acids is 2. The minimum atomic E-state index is -0.520. The maximum Gasteiger partial charge on any atom is 0.407 e. The molecule has 0 spiro atoms. The number of benzene rings is 1. The molecule has 0 saturated carbocycles. The van der Waals surface area contributed by atoms with Crippen molar-refractivity contribution in [2.24, 2.45) is 0 Å². The zero-order valence-electron chi connectivity index (χ0n) is 20.7. The Morgan fingerprint density at radius 2 is 1.76 bits per heavy atom. The summed E-state index contributed by atoms with van der Waals surface area (Å²) in [6.07, 6.45) is 1.13. The van der Waals surface area contributed by atoms with Crippen LogP contribution >= 0.6 is 0 Å². The van der Waals surface area contributed by atoms with Gasteiger partial charge in [0.05, 0.1) is 5.69 Å². The molecule has 2 amide bonds. The number of pyridine rings is 1. The molecular weight excluding hydrogens is 436 g/mol. The number of carbonyl (C=O) groups is 2. The molecule has 0 radical (unpaired) electrons. The minimum absolute atomic E-state index is 0.0646. The molecule has 3 N–H and O–H groups in total. The largest absolute Gasteiger partial charge is 0.444 e. The van der Waals surface area contributed by atoms with Crippen molar-refractivity contribution in [1.82, 2.24) is 10.3 Å². The van der Waals surface area contributed by atoms with Crippen molar-refractivity contribution in [3.8, 4) is 11.6 Å². The van der Waals surface area contributed by atoms with Gasteiger partial charge in [0.15, 0.2) is 0 Å². The molecule has 34 heavy (non-hydrogen) atoms. The summed E-state index contributed by atoms with van der Waals surface area (Å²) >= 11 is 0. The lowest BCUT2D eigenvalue weighted by Crippen LogP contribution is -2.33. The standard InChI is InChI=1S/C25H36N4O5/c1-6-32-17-21(30)29-22-20(26-14-10-11-15-27-24(31)34-25(3,4)5)16-18(2)28-23(22)33-19-12-8-7-9-13-19/h7-9,12-13,16H,6,10-11,14-15,17H2,1-5H3,(H,26,28)(H,27,31)(H,29,30). The highest BCUT2D eigenvalue weighted by Crippen LogP contribution is 2.35. The molecule has 0 unspecified atom stereocenters. The van der Waals surface area contributed by atoms with Gasteiger partial charge in [0.25, 0.3) is 5.91 Å². The molecule has 2 rings (SSSR count). The maximum absolute atomic E-state index is 12.4. The first-order chi connectivity index (χ1) is 16.2. The molecule has 0 aliphatic heterocycles. The summed E-state index contributed by atoms with van der Waals surface area (Å²) in [7, 11) is 0. The van der Waals surface area contributed by atoms with Crippen LogP contribution in [0.1, 0.15) is 46.2 Å². The topological polar surface area (TPSA) is 111 Å². The van der Waals surface area contributed by atoms with E-state index in [4.69, 9.17) is 14.2 Å². The smallest absolute Gasteiger partial charge is 0.407 e. The third-order valence-corrected chi connectivity index (χ3v) is 4.36. The van der Waals surface area contributed by atoms with Gasteiger partial charge in [-0.25, -0.2) is 9.78 Å². The normalized spacial score (nSPS) is 11.0. The molecule has 9 heteroatoms. The van der Waals surface area contributed by atoms with Crippen molar-refractivity contribution < 1.29 is 23.8 Å². The van der Waals surface area contributed by atoms with Gasteiger partial charge < -0.3 is 30.2 Å². The summed E-state index contributed by atoms with van der Waals surface area (Å²) in [4.78, 5) is 28.6. The van der Waals surface area contributed by atoms with E-state index in [9.17, 15) is 9.59 Å². The Kier molecular flexibility index (Phi) is 10.6. The number of aryl methyl sites for hydroxylation is 1. The number of nitrogens with zero attached hydrogens (tertiary/aromatic N) is 1. The van der Waals surface area contributed by atoms with Crippen LogP contribution in [0.25, 0.3) is 0 Å². The van der Waals surface area contributed by atoms with E-state index >= 15 is 0 Å². The highest BCUT2D eigenvalue weighted by molar-refractivity contribution is 5.96. The molecule has 0 aliphatic rings. The maximum atomic E-state index is 12.4. The third kappa shape index (κ3) is 10.1. The van der Waals surface area contributed by atoms with Gasteiger partial charge in [-0.05, 0) is 65.7 Å². The van der Waals surface area contributed by atoms with E-state index in [1.54, 1.807) is 0 Å². The molecular formula is C25H36N4O5. The van der Waals surface area contributed by atoms with Crippen LogP contribution in [-0.4, -0.2) is 48.9 Å². The van der Waals surface area contributed by atoms with Gasteiger partial charge in [-0.1, -0.05) is 18.2 Å². The van der Waals surface area contributed by atoms with E-state index < -0.39 is 11.7 Å². The first kappa shape index (κ1) is 26.9. The number of para-hydroxylation sites is 1. The summed E-state index contributed by atoms with van der Waals surface area (Å²) in [6, 6.07) is 11.1. The van der Waals surface area contributed by atoms with Crippen molar-refractivity contribution in [2.45, 2.75) is 53.1 Å². The molecule has 0 aliphatic carbocycles. The van der Waals surface area contributed by atoms with Crippen LogP contribution in [0, 0.1) is 6.92 Å². The molecule has 9 nitrogen and oxygen atoms in total. The lowest BCUT2D eigenvalue weighted by atomic mass is 10.2. The molecule has 2 aromatic rings. The second-order valence-corrected chi connectivity index (χ2v) is 8.65. The Bertz CT molecular complexity index is 929. The first-order valence-corrected chi connectivity index (χ1v) is 11.5. The Hall–Kier alpha value is -3.33. The summed E-state index contributed by atoms with van der Waals surface area (Å²) in [6.45, 7) is 10.7. The van der Waals surface area contributed by atoms with Gasteiger partial charge in [-0.3, -0.25) is 4.79 Å². The Balaban J connectivity index is 2.03. The number of hydrogen-bond acceptors (Lipinski definition) is 7. The fourth-order valence-electron chi connectivity index (χ4n) is 2.93. The number of aromatic nitrogens is 1. The van der Waals surface area contributed by atoms with Crippen LogP contribution < -0.4 is 20.7 Å². The summed E-state index contributed by atoms with van der Waals surface area (Å²) in [5.41, 5.74) is 1.37. The number of hydrogen-bond donors (Lipinski definition) is 3. The number of nitrogens with one attached hydrogen (secondary N) is 3. The summed E-state index contributed by atoms with van der Waals surface area (Å²) in [5, 5.41) is 8.96. The molecule has 0 fully saturated rings. The number of amides is 2. The number of rotatable bonds is 12. The molecule has 0 bridgehead atoms. The number of alkyl carbamates (subject to hydrolysis) is 1. The molecule has 1 aromatic heterocycles. The average Bonchev–Trinajstić information content (AvgIpc) is 2.76. The SMILES string of the molecule is CCOCC(=O)Nc1c(NCCCCNC(=O)OC(C)(C)C)cc(C)nc1Oc1ccccc1. The first-order valence-electron chi connectivity index (χ1n) is 11.5. The number of ether oxygens (including phenoxy) is 3. The Labute approximate surface area is 201 Å². The Morgan fingerprint density at radius 3 is 2.44 bits per heavy atom. The van der Waals surface area contributed by atoms with Gasteiger partial charge in [0.1, 0.15) is 23.6 Å². The predicted octanol–water partition coefficient (Wildman–Crippen LogP) is 4.87. The third-order valence-electron chi connectivity index (χ3n) is 4.36. The quantitative estimate of drug-likeness (QED) is 0.378. The Morgan fingerprint density at radius 1 is 1.06 bits per heavy atom. The van der Waals surface area contributed by atoms with Crippen LogP contribution in [0.2, 0.25) is 0 Å². The van der Waals surface area contributed by atoms with E-state index in [2.05, 4.69) is 20.9 Å². The predicted molar refractivity (Wildman–Crippen MR) is 133 cm³/mol. The highest BCUT2D eigenvalue weighted by Gasteiger charge is 2.17. The average molecular weight is 473 g/mol. The second kappa shape index (κ2) is 13.4. The summed E-state index contributed by atoms with van der Waals surface area (Å²) in [5.74, 6) is 0.611. The van der Waals surface area contributed by atoms with Crippen molar-refractivity contribution in [2.75, 3.05) is 36.9 Å². The van der Waals surface area contributed by atoms with Gasteiger partial charge >= 0.3 is 6.09 Å². The van der Waals surface area contributed by atoms with Crippen molar-refractivity contribution in [1.29, 1.82) is 0 Å². The van der Waals surface area contributed by atoms with E-state index in [0.717, 1.165) is 18.5 Å². The summed E-state index contributed by atoms with van der Waals surface area (Å²) < 4.78 is 16.4. The lowest BCUT2D eigenvalue weighted by Gasteiger charge is -2.19. The van der Waals surface area contributed by atoms with E-state index in [1.807, 2.05) is 71.0 Å². The molecule has 0 atom stereocenters. The van der Waals surface area contributed by atoms with Crippen LogP contribution in [0.15, 0.2) is 36.4 Å². The zero-order chi connectivity index (χ0) is 25.0. The van der Waals surface area contributed by atoms with Crippen molar-refractivity contribution >= 4 is 23.4 Å². The van der Waals surface area contributed by atoms with Crippen LogP contribution in [0.5, 0.6) is 11.6 Å². The fraction of sp³-hybridized carbons (Fsp3) is 0.480. The fourth-order valence-corrected chi connectivity index (χ4v) is 2.93.